The lowest BCUT2D eigenvalue weighted by Gasteiger charge is -2.07. The maximum Gasteiger partial charge on any atom is 0.0963 e. The molecule has 0 saturated heterocycles. The molecule has 0 aromatic carbocycles. The normalized spacial score (nSPS) is 12.8. The summed E-state index contributed by atoms with van der Waals surface area (Å²) in [5.41, 5.74) is 6.50. The number of hydrogen-bond acceptors (Lipinski definition) is 3. The molecule has 0 aliphatic heterocycles. The molecule has 2 nitrogen and oxygen atoms in total. The van der Waals surface area contributed by atoms with Gasteiger partial charge in [0.15, 0.2) is 0 Å². The molecule has 1 heterocycles. The largest absolute Gasteiger partial charge is 0.325 e. The quantitative estimate of drug-likeness (QED) is 0.759. The van der Waals surface area contributed by atoms with Crippen molar-refractivity contribution in [2.75, 3.05) is 5.75 Å². The van der Waals surface area contributed by atoms with Crippen molar-refractivity contribution in [3.8, 4) is 0 Å². The fourth-order valence-electron chi connectivity index (χ4n) is 0.997. The van der Waals surface area contributed by atoms with Gasteiger partial charge in [-0.15, -0.1) is 11.8 Å². The second-order valence-corrected chi connectivity index (χ2v) is 4.54. The van der Waals surface area contributed by atoms with Gasteiger partial charge in [0.2, 0.25) is 0 Å². The Hall–Kier alpha value is -0.540. The Kier molecular flexibility index (Phi) is 4.98. The van der Waals surface area contributed by atoms with Crippen molar-refractivity contribution >= 4 is 11.8 Å². The van der Waals surface area contributed by atoms with E-state index in [2.05, 4.69) is 18.8 Å². The van der Waals surface area contributed by atoms with E-state index in [1.54, 1.807) is 0 Å². The molecule has 2 N–H and O–H groups in total. The zero-order valence-electron chi connectivity index (χ0n) is 8.86. The van der Waals surface area contributed by atoms with Crippen LogP contribution in [0.2, 0.25) is 0 Å². The highest BCUT2D eigenvalue weighted by atomic mass is 32.2. The number of nitrogens with two attached hydrogens (primary N) is 1. The van der Waals surface area contributed by atoms with Gasteiger partial charge in [0, 0.05) is 12.3 Å². The van der Waals surface area contributed by atoms with Gasteiger partial charge in [-0.2, -0.15) is 0 Å². The number of rotatable bonds is 5. The van der Waals surface area contributed by atoms with Gasteiger partial charge in [-0.1, -0.05) is 26.3 Å². The van der Waals surface area contributed by atoms with E-state index in [-0.39, 0.29) is 0 Å². The van der Waals surface area contributed by atoms with Gasteiger partial charge in [0.1, 0.15) is 0 Å². The molecule has 0 aliphatic carbocycles. The van der Waals surface area contributed by atoms with E-state index >= 15 is 0 Å². The van der Waals surface area contributed by atoms with Gasteiger partial charge in [-0.05, 0) is 18.1 Å². The van der Waals surface area contributed by atoms with E-state index in [0.29, 0.717) is 6.54 Å². The van der Waals surface area contributed by atoms with Crippen LogP contribution < -0.4 is 5.73 Å². The van der Waals surface area contributed by atoms with E-state index in [0.717, 1.165) is 22.4 Å². The van der Waals surface area contributed by atoms with Gasteiger partial charge in [-0.25, -0.2) is 4.98 Å². The third-order valence-electron chi connectivity index (χ3n) is 2.20. The van der Waals surface area contributed by atoms with E-state index < -0.39 is 0 Å². The monoisotopic (exact) mass is 210 g/mol. The van der Waals surface area contributed by atoms with E-state index in [4.69, 9.17) is 5.73 Å². The Morgan fingerprint density at radius 3 is 2.93 bits per heavy atom. The Balaban J connectivity index is 2.50. The molecule has 1 unspecified atom stereocenters. The molecule has 1 aromatic rings. The summed E-state index contributed by atoms with van der Waals surface area (Å²) in [6.45, 7) is 5.01. The third kappa shape index (κ3) is 3.68. The van der Waals surface area contributed by atoms with E-state index in [9.17, 15) is 0 Å². The van der Waals surface area contributed by atoms with Crippen molar-refractivity contribution in [2.45, 2.75) is 31.8 Å². The zero-order valence-corrected chi connectivity index (χ0v) is 9.68. The van der Waals surface area contributed by atoms with Crippen molar-refractivity contribution in [3.63, 3.8) is 0 Å². The maximum absolute atomic E-state index is 5.53. The van der Waals surface area contributed by atoms with Crippen LogP contribution in [0.15, 0.2) is 23.2 Å². The van der Waals surface area contributed by atoms with Crippen molar-refractivity contribution in [2.24, 2.45) is 11.7 Å². The first kappa shape index (κ1) is 11.5. The molecule has 0 saturated carbocycles. The minimum absolute atomic E-state index is 0.526. The smallest absolute Gasteiger partial charge is 0.0963 e. The van der Waals surface area contributed by atoms with Crippen LogP contribution in [-0.4, -0.2) is 10.7 Å². The summed E-state index contributed by atoms with van der Waals surface area (Å²) < 4.78 is 0. The van der Waals surface area contributed by atoms with Gasteiger partial charge < -0.3 is 5.73 Å². The molecule has 0 fully saturated rings. The number of pyridine rings is 1. The number of thioether (sulfide) groups is 1. The zero-order chi connectivity index (χ0) is 10.4. The van der Waals surface area contributed by atoms with Crippen molar-refractivity contribution in [1.82, 2.24) is 4.98 Å². The minimum Gasteiger partial charge on any atom is -0.325 e. The highest BCUT2D eigenvalue weighted by molar-refractivity contribution is 7.99. The number of nitrogens with zero attached hydrogens (tertiary/aromatic N) is 1. The first-order chi connectivity index (χ1) is 6.76. The molecule has 1 rings (SSSR count). The third-order valence-corrected chi connectivity index (χ3v) is 3.46. The van der Waals surface area contributed by atoms with Crippen LogP contribution in [0.3, 0.4) is 0 Å². The Labute approximate surface area is 90.3 Å². The lowest BCUT2D eigenvalue weighted by molar-refractivity contribution is 0.636. The molecule has 0 spiro atoms. The van der Waals surface area contributed by atoms with Gasteiger partial charge in [0.25, 0.3) is 0 Å². The molecular weight excluding hydrogens is 192 g/mol. The fourth-order valence-corrected chi connectivity index (χ4v) is 2.04. The second-order valence-electron chi connectivity index (χ2n) is 3.50. The summed E-state index contributed by atoms with van der Waals surface area (Å²) >= 11 is 1.82. The Morgan fingerprint density at radius 2 is 2.29 bits per heavy atom. The van der Waals surface area contributed by atoms with Crippen LogP contribution in [0.4, 0.5) is 0 Å². The van der Waals surface area contributed by atoms with Gasteiger partial charge in [0.05, 0.1) is 10.7 Å². The average Bonchev–Trinajstić information content (AvgIpc) is 2.26. The van der Waals surface area contributed by atoms with Crippen LogP contribution in [0.5, 0.6) is 0 Å². The Bertz CT molecular complexity index is 276. The van der Waals surface area contributed by atoms with Crippen molar-refractivity contribution in [1.29, 1.82) is 0 Å². The first-order valence-electron chi connectivity index (χ1n) is 5.05. The summed E-state index contributed by atoms with van der Waals surface area (Å²) in [6, 6.07) is 6.04. The topological polar surface area (TPSA) is 38.9 Å². The number of aromatic nitrogens is 1. The molecular formula is C11H18N2S. The molecule has 0 aliphatic rings. The average molecular weight is 210 g/mol. The summed E-state index contributed by atoms with van der Waals surface area (Å²) in [7, 11) is 0. The molecule has 0 radical (unpaired) electrons. The van der Waals surface area contributed by atoms with Crippen molar-refractivity contribution < 1.29 is 0 Å². The highest BCUT2D eigenvalue weighted by Gasteiger charge is 2.01. The molecule has 14 heavy (non-hydrogen) atoms. The highest BCUT2D eigenvalue weighted by Crippen LogP contribution is 2.19. The van der Waals surface area contributed by atoms with Gasteiger partial charge in [-0.3, -0.25) is 0 Å². The SMILES string of the molecule is CCC(C)CSc1cccc(CN)n1. The van der Waals surface area contributed by atoms with Crippen LogP contribution in [-0.2, 0) is 6.54 Å². The summed E-state index contributed by atoms with van der Waals surface area (Å²) in [5, 5.41) is 1.09. The van der Waals surface area contributed by atoms with Crippen LogP contribution in [0, 0.1) is 5.92 Å². The fraction of sp³-hybridized carbons (Fsp3) is 0.545. The Morgan fingerprint density at radius 1 is 1.50 bits per heavy atom. The minimum atomic E-state index is 0.526. The predicted octanol–water partition coefficient (Wildman–Crippen LogP) is 2.68. The molecule has 1 atom stereocenters. The lowest BCUT2D eigenvalue weighted by atomic mass is 10.2. The molecule has 0 amide bonds. The van der Waals surface area contributed by atoms with Gasteiger partial charge >= 0.3 is 0 Å². The van der Waals surface area contributed by atoms with Crippen LogP contribution in [0.25, 0.3) is 0 Å². The molecule has 1 aromatic heterocycles. The maximum atomic E-state index is 5.53. The summed E-state index contributed by atoms with van der Waals surface area (Å²) in [4.78, 5) is 4.44. The van der Waals surface area contributed by atoms with E-state index in [1.165, 1.54) is 6.42 Å². The summed E-state index contributed by atoms with van der Waals surface area (Å²) in [6.07, 6.45) is 1.23. The van der Waals surface area contributed by atoms with Crippen molar-refractivity contribution in [3.05, 3.63) is 23.9 Å². The lowest BCUT2D eigenvalue weighted by Crippen LogP contribution is -2.00. The van der Waals surface area contributed by atoms with E-state index in [1.807, 2.05) is 30.0 Å². The summed E-state index contributed by atoms with van der Waals surface area (Å²) in [5.74, 6) is 1.89. The number of hydrogen-bond donors (Lipinski definition) is 1. The first-order valence-corrected chi connectivity index (χ1v) is 6.03. The molecule has 0 bridgehead atoms. The predicted molar refractivity (Wildman–Crippen MR) is 62.3 cm³/mol. The van der Waals surface area contributed by atoms with Crippen LogP contribution in [0.1, 0.15) is 26.0 Å². The molecule has 78 valence electrons. The standard InChI is InChI=1S/C11H18N2S/c1-3-9(2)8-14-11-6-4-5-10(7-12)13-11/h4-6,9H,3,7-8,12H2,1-2H3. The van der Waals surface area contributed by atoms with Crippen LogP contribution >= 0.6 is 11.8 Å². The second kappa shape index (κ2) is 6.04. The molecule has 3 heteroatoms.